The molecule has 0 saturated heterocycles. The molecule has 0 aliphatic rings. The lowest BCUT2D eigenvalue weighted by atomic mass is 10.0. The number of aliphatic hydroxyl groups is 3. The molecule has 0 heterocycles. The number of aliphatic hydroxyl groups excluding tert-OH is 3. The first kappa shape index (κ1) is 42.3. The Balaban J connectivity index is 3.62. The number of rotatable bonds is 35. The Morgan fingerprint density at radius 3 is 1.05 bits per heavy atom. The van der Waals surface area contributed by atoms with Crippen LogP contribution in [-0.2, 0) is 4.79 Å². The fourth-order valence-corrected chi connectivity index (χ4v) is 6.13. The first-order valence-corrected chi connectivity index (χ1v) is 19.3. The van der Waals surface area contributed by atoms with E-state index in [9.17, 15) is 20.1 Å². The topological polar surface area (TPSA) is 89.8 Å². The van der Waals surface area contributed by atoms with Crippen LogP contribution < -0.4 is 5.32 Å². The smallest absolute Gasteiger partial charge is 0.249 e. The fraction of sp³-hybridized carbons (Fsp3) is 0.974. The minimum atomic E-state index is -1.07. The molecule has 3 unspecified atom stereocenters. The standard InChI is InChI=1S/C38H77NO4/c1-3-5-7-9-11-13-15-17-18-19-20-21-23-25-27-29-31-33-37(42)38(43)39-35(34-40)36(41)32-30-28-26-24-22-16-14-12-10-8-6-4-2/h35-37,40-42H,3-34H2,1-2H3,(H,39,43). The van der Waals surface area contributed by atoms with Gasteiger partial charge in [0.1, 0.15) is 6.10 Å². The molecule has 0 aliphatic carbocycles. The number of hydrogen-bond donors (Lipinski definition) is 4. The van der Waals surface area contributed by atoms with E-state index in [1.165, 1.54) is 154 Å². The third kappa shape index (κ3) is 29.8. The molecule has 43 heavy (non-hydrogen) atoms. The van der Waals surface area contributed by atoms with Crippen LogP contribution in [0.3, 0.4) is 0 Å². The van der Waals surface area contributed by atoms with Crippen molar-refractivity contribution in [3.63, 3.8) is 0 Å². The zero-order valence-electron chi connectivity index (χ0n) is 29.1. The molecule has 0 aromatic rings. The second-order valence-electron chi connectivity index (χ2n) is 13.5. The van der Waals surface area contributed by atoms with Crippen molar-refractivity contribution in [1.29, 1.82) is 0 Å². The summed E-state index contributed by atoms with van der Waals surface area (Å²) in [6.45, 7) is 4.22. The zero-order valence-corrected chi connectivity index (χ0v) is 29.1. The number of unbranched alkanes of at least 4 members (excludes halogenated alkanes) is 27. The molecule has 0 fully saturated rings. The number of carbonyl (C=O) groups is 1. The Morgan fingerprint density at radius 2 is 0.744 bits per heavy atom. The van der Waals surface area contributed by atoms with Gasteiger partial charge in [0.15, 0.2) is 0 Å². The average Bonchev–Trinajstić information content (AvgIpc) is 3.01. The normalized spacial score (nSPS) is 13.7. The molecule has 0 radical (unpaired) electrons. The second-order valence-corrected chi connectivity index (χ2v) is 13.5. The third-order valence-electron chi connectivity index (χ3n) is 9.23. The van der Waals surface area contributed by atoms with E-state index in [-0.39, 0.29) is 6.61 Å². The van der Waals surface area contributed by atoms with Crippen LogP contribution in [0.25, 0.3) is 0 Å². The van der Waals surface area contributed by atoms with Gasteiger partial charge in [0.05, 0.1) is 18.8 Å². The Morgan fingerprint density at radius 1 is 0.465 bits per heavy atom. The maximum absolute atomic E-state index is 12.4. The van der Waals surface area contributed by atoms with Gasteiger partial charge in [-0.2, -0.15) is 0 Å². The van der Waals surface area contributed by atoms with Crippen molar-refractivity contribution < 1.29 is 20.1 Å². The highest BCUT2D eigenvalue weighted by atomic mass is 16.3. The third-order valence-corrected chi connectivity index (χ3v) is 9.23. The van der Waals surface area contributed by atoms with Gasteiger partial charge in [0, 0.05) is 0 Å². The molecule has 0 rings (SSSR count). The Hall–Kier alpha value is -0.650. The summed E-state index contributed by atoms with van der Waals surface area (Å²) in [6.07, 6.45) is 36.6. The van der Waals surface area contributed by atoms with Crippen LogP contribution in [0.5, 0.6) is 0 Å². The maximum atomic E-state index is 12.4. The molecule has 0 aliphatic heterocycles. The van der Waals surface area contributed by atoms with Gasteiger partial charge in [0.2, 0.25) is 5.91 Å². The molecular weight excluding hydrogens is 534 g/mol. The lowest BCUT2D eigenvalue weighted by Gasteiger charge is -2.23. The summed E-state index contributed by atoms with van der Waals surface area (Å²) in [5.74, 6) is -0.468. The highest BCUT2D eigenvalue weighted by Gasteiger charge is 2.23. The van der Waals surface area contributed by atoms with Crippen LogP contribution in [0, 0.1) is 0 Å². The molecule has 0 spiro atoms. The minimum Gasteiger partial charge on any atom is -0.394 e. The Kier molecular flexibility index (Phi) is 33.7. The number of amides is 1. The van der Waals surface area contributed by atoms with Gasteiger partial charge in [-0.05, 0) is 12.8 Å². The van der Waals surface area contributed by atoms with E-state index < -0.39 is 24.2 Å². The van der Waals surface area contributed by atoms with Crippen molar-refractivity contribution in [3.8, 4) is 0 Å². The molecule has 3 atom stereocenters. The summed E-state index contributed by atoms with van der Waals surface area (Å²) in [5.41, 5.74) is 0. The van der Waals surface area contributed by atoms with E-state index in [1.807, 2.05) is 0 Å². The van der Waals surface area contributed by atoms with Crippen molar-refractivity contribution in [2.75, 3.05) is 6.61 Å². The molecule has 0 aromatic carbocycles. The number of nitrogens with one attached hydrogen (secondary N) is 1. The Bertz CT molecular complexity index is 558. The van der Waals surface area contributed by atoms with Crippen molar-refractivity contribution in [2.45, 2.75) is 231 Å². The van der Waals surface area contributed by atoms with Gasteiger partial charge >= 0.3 is 0 Å². The predicted octanol–water partition coefficient (Wildman–Crippen LogP) is 10.3. The van der Waals surface area contributed by atoms with E-state index in [0.29, 0.717) is 12.8 Å². The van der Waals surface area contributed by atoms with Gasteiger partial charge in [-0.1, -0.05) is 200 Å². The molecule has 258 valence electrons. The first-order chi connectivity index (χ1) is 21.1. The summed E-state index contributed by atoms with van der Waals surface area (Å²) < 4.78 is 0. The summed E-state index contributed by atoms with van der Waals surface area (Å²) in [6, 6.07) is -0.703. The summed E-state index contributed by atoms with van der Waals surface area (Å²) in [7, 11) is 0. The van der Waals surface area contributed by atoms with Crippen LogP contribution in [-0.4, -0.2) is 46.1 Å². The van der Waals surface area contributed by atoms with E-state index >= 15 is 0 Å². The maximum Gasteiger partial charge on any atom is 0.249 e. The van der Waals surface area contributed by atoms with Crippen LogP contribution in [0.15, 0.2) is 0 Å². The van der Waals surface area contributed by atoms with E-state index in [1.54, 1.807) is 0 Å². The van der Waals surface area contributed by atoms with E-state index in [4.69, 9.17) is 0 Å². The highest BCUT2D eigenvalue weighted by molar-refractivity contribution is 5.80. The SMILES string of the molecule is CCCCCCCCCCCCCCCCCCCC(O)C(=O)NC(CO)C(O)CCCCCCCCCCCCCC. The average molecular weight is 612 g/mol. The van der Waals surface area contributed by atoms with Crippen LogP contribution in [0.2, 0.25) is 0 Å². The molecular formula is C38H77NO4. The second kappa shape index (κ2) is 34.2. The van der Waals surface area contributed by atoms with Gasteiger partial charge in [-0.15, -0.1) is 0 Å². The summed E-state index contributed by atoms with van der Waals surface area (Å²) in [4.78, 5) is 12.4. The molecule has 0 bridgehead atoms. The molecule has 5 nitrogen and oxygen atoms in total. The number of carbonyl (C=O) groups excluding carboxylic acids is 1. The summed E-state index contributed by atoms with van der Waals surface area (Å²) >= 11 is 0. The lowest BCUT2D eigenvalue weighted by Crippen LogP contribution is -2.49. The molecule has 0 saturated carbocycles. The van der Waals surface area contributed by atoms with Gasteiger partial charge in [0.25, 0.3) is 0 Å². The van der Waals surface area contributed by atoms with Gasteiger partial charge in [-0.3, -0.25) is 4.79 Å². The quantitative estimate of drug-likeness (QED) is 0.0537. The van der Waals surface area contributed by atoms with E-state index in [0.717, 1.165) is 32.1 Å². The van der Waals surface area contributed by atoms with Crippen molar-refractivity contribution in [3.05, 3.63) is 0 Å². The molecule has 4 N–H and O–H groups in total. The van der Waals surface area contributed by atoms with E-state index in [2.05, 4.69) is 19.2 Å². The van der Waals surface area contributed by atoms with Crippen LogP contribution in [0.4, 0.5) is 0 Å². The van der Waals surface area contributed by atoms with Gasteiger partial charge in [-0.25, -0.2) is 0 Å². The largest absolute Gasteiger partial charge is 0.394 e. The van der Waals surface area contributed by atoms with Crippen molar-refractivity contribution in [1.82, 2.24) is 5.32 Å². The number of hydrogen-bond acceptors (Lipinski definition) is 4. The monoisotopic (exact) mass is 612 g/mol. The Labute approximate surface area is 268 Å². The zero-order chi connectivity index (χ0) is 31.6. The molecule has 0 aromatic heterocycles. The predicted molar refractivity (Wildman–Crippen MR) is 186 cm³/mol. The summed E-state index contributed by atoms with van der Waals surface area (Å²) in [5, 5.41) is 33.1. The highest BCUT2D eigenvalue weighted by Crippen LogP contribution is 2.16. The minimum absolute atomic E-state index is 0.309. The molecule has 5 heteroatoms. The first-order valence-electron chi connectivity index (χ1n) is 19.3. The van der Waals surface area contributed by atoms with Crippen LogP contribution in [0.1, 0.15) is 213 Å². The lowest BCUT2D eigenvalue weighted by molar-refractivity contribution is -0.131. The molecule has 1 amide bonds. The fourth-order valence-electron chi connectivity index (χ4n) is 6.13. The van der Waals surface area contributed by atoms with Crippen molar-refractivity contribution in [2.24, 2.45) is 0 Å². The van der Waals surface area contributed by atoms with Gasteiger partial charge < -0.3 is 20.6 Å². The van der Waals surface area contributed by atoms with Crippen LogP contribution >= 0.6 is 0 Å². The van der Waals surface area contributed by atoms with Crippen molar-refractivity contribution >= 4 is 5.91 Å².